The summed E-state index contributed by atoms with van der Waals surface area (Å²) in [6.45, 7) is 10.1. The molecule has 2 aliphatic heterocycles. The average molecular weight is 254 g/mol. The highest BCUT2D eigenvalue weighted by Crippen LogP contribution is 2.21. The van der Waals surface area contributed by atoms with Crippen LogP contribution >= 0.6 is 0 Å². The van der Waals surface area contributed by atoms with E-state index in [-0.39, 0.29) is 0 Å². The molecule has 3 nitrogen and oxygen atoms in total. The fourth-order valence-electron chi connectivity index (χ4n) is 3.37. The molecule has 0 amide bonds. The van der Waals surface area contributed by atoms with Crippen LogP contribution in [0.15, 0.2) is 0 Å². The van der Waals surface area contributed by atoms with E-state index in [9.17, 15) is 0 Å². The van der Waals surface area contributed by atoms with Crippen molar-refractivity contribution in [2.24, 2.45) is 5.92 Å². The highest BCUT2D eigenvalue weighted by Gasteiger charge is 2.28. The van der Waals surface area contributed by atoms with Gasteiger partial charge in [-0.05, 0) is 39.3 Å². The Hall–Kier alpha value is -0.120. The molecule has 0 aromatic carbocycles. The van der Waals surface area contributed by atoms with Crippen molar-refractivity contribution >= 4 is 0 Å². The van der Waals surface area contributed by atoms with Gasteiger partial charge in [-0.3, -0.25) is 4.90 Å². The quantitative estimate of drug-likeness (QED) is 0.814. The van der Waals surface area contributed by atoms with Gasteiger partial charge in [-0.2, -0.15) is 0 Å². The molecule has 3 heteroatoms. The first-order valence-electron chi connectivity index (χ1n) is 7.86. The lowest BCUT2D eigenvalue weighted by atomic mass is 9.97. The van der Waals surface area contributed by atoms with E-state index in [1.54, 1.807) is 0 Å². The second-order valence-electron chi connectivity index (χ2n) is 5.98. The first-order chi connectivity index (χ1) is 8.81. The van der Waals surface area contributed by atoms with Gasteiger partial charge in [0.05, 0.1) is 6.61 Å². The monoisotopic (exact) mass is 254 g/mol. The van der Waals surface area contributed by atoms with Crippen molar-refractivity contribution < 1.29 is 4.74 Å². The van der Waals surface area contributed by atoms with Crippen LogP contribution in [0.2, 0.25) is 0 Å². The van der Waals surface area contributed by atoms with Crippen LogP contribution in [0, 0.1) is 5.92 Å². The predicted molar refractivity (Wildman–Crippen MR) is 75.9 cm³/mol. The van der Waals surface area contributed by atoms with Crippen molar-refractivity contribution in [2.75, 3.05) is 32.8 Å². The summed E-state index contributed by atoms with van der Waals surface area (Å²) in [6, 6.07) is 1.38. The van der Waals surface area contributed by atoms with Gasteiger partial charge < -0.3 is 10.1 Å². The molecule has 0 aliphatic carbocycles. The van der Waals surface area contributed by atoms with Crippen LogP contribution in [0.5, 0.6) is 0 Å². The molecule has 2 saturated heterocycles. The number of likely N-dealkylation sites (N-methyl/N-ethyl adjacent to an activating group) is 1. The van der Waals surface area contributed by atoms with Gasteiger partial charge in [0.1, 0.15) is 0 Å². The van der Waals surface area contributed by atoms with E-state index in [1.807, 2.05) is 0 Å². The van der Waals surface area contributed by atoms with Gasteiger partial charge >= 0.3 is 0 Å². The summed E-state index contributed by atoms with van der Waals surface area (Å²) >= 11 is 0. The maximum atomic E-state index is 5.57. The summed E-state index contributed by atoms with van der Waals surface area (Å²) in [6.07, 6.45) is 6.82. The Morgan fingerprint density at radius 3 is 2.89 bits per heavy atom. The van der Waals surface area contributed by atoms with Crippen LogP contribution in [-0.2, 0) is 4.74 Å². The Morgan fingerprint density at radius 2 is 2.17 bits per heavy atom. The zero-order valence-electron chi connectivity index (χ0n) is 12.2. The number of likely N-dealkylation sites (tertiary alicyclic amines) is 1. The fraction of sp³-hybridized carbons (Fsp3) is 1.00. The number of nitrogens with one attached hydrogen (secondary N) is 1. The molecule has 2 aliphatic rings. The van der Waals surface area contributed by atoms with Crippen molar-refractivity contribution in [3.63, 3.8) is 0 Å². The van der Waals surface area contributed by atoms with Crippen molar-refractivity contribution in [1.29, 1.82) is 0 Å². The molecule has 3 unspecified atom stereocenters. The summed E-state index contributed by atoms with van der Waals surface area (Å²) in [5, 5.41) is 3.69. The molecule has 0 aromatic heterocycles. The van der Waals surface area contributed by atoms with Crippen LogP contribution in [0.3, 0.4) is 0 Å². The molecular weight excluding hydrogens is 224 g/mol. The van der Waals surface area contributed by atoms with E-state index >= 15 is 0 Å². The third-order valence-electron chi connectivity index (χ3n) is 4.62. The summed E-state index contributed by atoms with van der Waals surface area (Å²) in [5.41, 5.74) is 0. The van der Waals surface area contributed by atoms with Crippen molar-refractivity contribution in [3.05, 3.63) is 0 Å². The molecule has 0 aromatic rings. The second-order valence-corrected chi connectivity index (χ2v) is 5.98. The first-order valence-corrected chi connectivity index (χ1v) is 7.86. The second kappa shape index (κ2) is 7.46. The Bertz CT molecular complexity index is 229. The Morgan fingerprint density at radius 1 is 1.28 bits per heavy atom. The maximum absolute atomic E-state index is 5.57. The van der Waals surface area contributed by atoms with E-state index in [4.69, 9.17) is 4.74 Å². The molecule has 0 radical (unpaired) electrons. The lowest BCUT2D eigenvalue weighted by Crippen LogP contribution is -2.48. The molecule has 106 valence electrons. The third-order valence-corrected chi connectivity index (χ3v) is 4.62. The molecular formula is C15H30N2O. The summed E-state index contributed by atoms with van der Waals surface area (Å²) in [7, 11) is 0. The van der Waals surface area contributed by atoms with E-state index < -0.39 is 0 Å². The fourth-order valence-corrected chi connectivity index (χ4v) is 3.37. The van der Waals surface area contributed by atoms with Crippen LogP contribution in [-0.4, -0.2) is 49.8 Å². The SMILES string of the molecule is CCNC(CN1CCCCCC1C)C1CCOC1. The third kappa shape index (κ3) is 3.94. The molecule has 2 rings (SSSR count). The minimum Gasteiger partial charge on any atom is -0.381 e. The molecule has 18 heavy (non-hydrogen) atoms. The molecule has 3 atom stereocenters. The molecule has 2 fully saturated rings. The van der Waals surface area contributed by atoms with Crippen LogP contribution in [0.25, 0.3) is 0 Å². The van der Waals surface area contributed by atoms with Crippen LogP contribution in [0.1, 0.15) is 46.0 Å². The Kier molecular flexibility index (Phi) is 5.93. The van der Waals surface area contributed by atoms with E-state index in [0.29, 0.717) is 6.04 Å². The molecule has 0 bridgehead atoms. The normalized spacial score (nSPS) is 32.3. The standard InChI is InChI=1S/C15H30N2O/c1-3-16-15(14-8-10-18-12-14)11-17-9-6-4-5-7-13(17)2/h13-16H,3-12H2,1-2H3. The van der Waals surface area contributed by atoms with Crippen molar-refractivity contribution in [3.8, 4) is 0 Å². The first kappa shape index (κ1) is 14.3. The number of nitrogens with zero attached hydrogens (tertiary/aromatic N) is 1. The topological polar surface area (TPSA) is 24.5 Å². The van der Waals surface area contributed by atoms with Crippen molar-refractivity contribution in [2.45, 2.75) is 58.0 Å². The smallest absolute Gasteiger partial charge is 0.0510 e. The van der Waals surface area contributed by atoms with Gasteiger partial charge in [0, 0.05) is 31.2 Å². The lowest BCUT2D eigenvalue weighted by Gasteiger charge is -2.33. The summed E-state index contributed by atoms with van der Waals surface area (Å²) in [4.78, 5) is 2.71. The van der Waals surface area contributed by atoms with E-state index in [0.717, 1.165) is 31.7 Å². The van der Waals surface area contributed by atoms with Gasteiger partial charge in [0.25, 0.3) is 0 Å². The van der Waals surface area contributed by atoms with Crippen molar-refractivity contribution in [1.82, 2.24) is 10.2 Å². The van der Waals surface area contributed by atoms with Gasteiger partial charge in [0.2, 0.25) is 0 Å². The van der Waals surface area contributed by atoms with Crippen LogP contribution < -0.4 is 5.32 Å². The molecule has 0 spiro atoms. The molecule has 0 saturated carbocycles. The minimum absolute atomic E-state index is 0.623. The maximum Gasteiger partial charge on any atom is 0.0510 e. The summed E-state index contributed by atoms with van der Waals surface area (Å²) < 4.78 is 5.57. The van der Waals surface area contributed by atoms with Crippen LogP contribution in [0.4, 0.5) is 0 Å². The van der Waals surface area contributed by atoms with Gasteiger partial charge in [-0.15, -0.1) is 0 Å². The Labute approximate surface area is 112 Å². The average Bonchev–Trinajstić information content (AvgIpc) is 2.82. The Balaban J connectivity index is 1.89. The molecule has 2 heterocycles. The number of hydrogen-bond acceptors (Lipinski definition) is 3. The van der Waals surface area contributed by atoms with E-state index in [2.05, 4.69) is 24.1 Å². The highest BCUT2D eigenvalue weighted by molar-refractivity contribution is 4.84. The molecule has 1 N–H and O–H groups in total. The lowest BCUT2D eigenvalue weighted by molar-refractivity contribution is 0.145. The zero-order valence-corrected chi connectivity index (χ0v) is 12.2. The largest absolute Gasteiger partial charge is 0.381 e. The van der Waals surface area contributed by atoms with Gasteiger partial charge in [-0.1, -0.05) is 19.8 Å². The summed E-state index contributed by atoms with van der Waals surface area (Å²) in [5.74, 6) is 0.723. The van der Waals surface area contributed by atoms with Gasteiger partial charge in [-0.25, -0.2) is 0 Å². The van der Waals surface area contributed by atoms with E-state index in [1.165, 1.54) is 45.2 Å². The zero-order chi connectivity index (χ0) is 12.8. The number of rotatable bonds is 5. The van der Waals surface area contributed by atoms with Gasteiger partial charge in [0.15, 0.2) is 0 Å². The predicted octanol–water partition coefficient (Wildman–Crippen LogP) is 2.27. The highest BCUT2D eigenvalue weighted by atomic mass is 16.5. The minimum atomic E-state index is 0.623. The number of hydrogen-bond donors (Lipinski definition) is 1. The number of ether oxygens (including phenoxy) is 1.